The monoisotopic (exact) mass is 343 g/mol. The van der Waals surface area contributed by atoms with Crippen LogP contribution >= 0.6 is 15.9 Å². The van der Waals surface area contributed by atoms with Gasteiger partial charge in [0.1, 0.15) is 0 Å². The molecule has 0 spiro atoms. The first-order valence-corrected chi connectivity index (χ1v) is 8.48. The van der Waals surface area contributed by atoms with Gasteiger partial charge in [-0.1, -0.05) is 6.92 Å². The van der Waals surface area contributed by atoms with Crippen molar-refractivity contribution in [2.45, 2.75) is 52.1 Å². The number of nitrogens with zero attached hydrogens (tertiary/aromatic N) is 2. The van der Waals surface area contributed by atoms with Crippen molar-refractivity contribution < 1.29 is 4.74 Å². The van der Waals surface area contributed by atoms with Crippen LogP contribution in [-0.4, -0.2) is 29.5 Å². The number of rotatable bonds is 6. The normalized spacial score (nSPS) is 18.6. The molecule has 2 heterocycles. The molecule has 0 saturated carbocycles. The van der Waals surface area contributed by atoms with E-state index in [1.165, 1.54) is 5.69 Å². The molecule has 0 aromatic carbocycles. The SMILES string of the molecule is CCCNC(c1c(Br)cnn1C(C)C)C1CCOCC1. The summed E-state index contributed by atoms with van der Waals surface area (Å²) in [4.78, 5) is 0. The zero-order chi connectivity index (χ0) is 14.5. The van der Waals surface area contributed by atoms with Crippen LogP contribution in [-0.2, 0) is 4.74 Å². The third-order valence-corrected chi connectivity index (χ3v) is 4.53. The highest BCUT2D eigenvalue weighted by atomic mass is 79.9. The summed E-state index contributed by atoms with van der Waals surface area (Å²) in [6.45, 7) is 9.37. The van der Waals surface area contributed by atoms with Crippen molar-refractivity contribution in [2.75, 3.05) is 19.8 Å². The molecule has 1 saturated heterocycles. The highest BCUT2D eigenvalue weighted by molar-refractivity contribution is 9.10. The fraction of sp³-hybridized carbons (Fsp3) is 0.800. The van der Waals surface area contributed by atoms with E-state index in [1.807, 2.05) is 6.20 Å². The van der Waals surface area contributed by atoms with Gasteiger partial charge >= 0.3 is 0 Å². The summed E-state index contributed by atoms with van der Waals surface area (Å²) >= 11 is 3.69. The molecular formula is C15H26BrN3O. The number of nitrogens with one attached hydrogen (secondary N) is 1. The van der Waals surface area contributed by atoms with Crippen molar-refractivity contribution in [3.05, 3.63) is 16.4 Å². The van der Waals surface area contributed by atoms with Crippen molar-refractivity contribution in [1.29, 1.82) is 0 Å². The lowest BCUT2D eigenvalue weighted by molar-refractivity contribution is 0.0522. The van der Waals surface area contributed by atoms with Crippen LogP contribution in [0.1, 0.15) is 57.8 Å². The van der Waals surface area contributed by atoms with Crippen molar-refractivity contribution in [2.24, 2.45) is 5.92 Å². The Balaban J connectivity index is 2.27. The molecule has 1 aromatic rings. The van der Waals surface area contributed by atoms with Crippen LogP contribution in [0, 0.1) is 5.92 Å². The smallest absolute Gasteiger partial charge is 0.0701 e. The molecule has 4 nitrogen and oxygen atoms in total. The molecule has 1 N–H and O–H groups in total. The van der Waals surface area contributed by atoms with Gasteiger partial charge in [0.25, 0.3) is 0 Å². The quantitative estimate of drug-likeness (QED) is 0.855. The first-order valence-electron chi connectivity index (χ1n) is 7.69. The summed E-state index contributed by atoms with van der Waals surface area (Å²) in [6, 6.07) is 0.736. The lowest BCUT2D eigenvalue weighted by atomic mass is 9.89. The molecule has 1 aliphatic heterocycles. The van der Waals surface area contributed by atoms with E-state index in [4.69, 9.17) is 4.74 Å². The molecule has 20 heavy (non-hydrogen) atoms. The maximum absolute atomic E-state index is 5.52. The van der Waals surface area contributed by atoms with Gasteiger partial charge in [-0.25, -0.2) is 0 Å². The van der Waals surface area contributed by atoms with E-state index in [2.05, 4.69) is 51.8 Å². The number of aromatic nitrogens is 2. The minimum absolute atomic E-state index is 0.359. The molecule has 114 valence electrons. The van der Waals surface area contributed by atoms with E-state index in [1.54, 1.807) is 0 Å². The Morgan fingerprint density at radius 2 is 2.15 bits per heavy atom. The van der Waals surface area contributed by atoms with Crippen LogP contribution in [0.2, 0.25) is 0 Å². The van der Waals surface area contributed by atoms with Gasteiger partial charge in [-0.05, 0) is 61.5 Å². The van der Waals surface area contributed by atoms with Crippen molar-refractivity contribution in [1.82, 2.24) is 15.1 Å². The van der Waals surface area contributed by atoms with Gasteiger partial charge in [-0.2, -0.15) is 5.10 Å². The van der Waals surface area contributed by atoms with Crippen LogP contribution < -0.4 is 5.32 Å². The highest BCUT2D eigenvalue weighted by Crippen LogP contribution is 2.35. The van der Waals surface area contributed by atoms with Crippen molar-refractivity contribution in [3.63, 3.8) is 0 Å². The molecule has 1 unspecified atom stereocenters. The van der Waals surface area contributed by atoms with Crippen LogP contribution in [0.15, 0.2) is 10.7 Å². The second kappa shape index (κ2) is 7.57. The van der Waals surface area contributed by atoms with Gasteiger partial charge in [-0.15, -0.1) is 0 Å². The summed E-state index contributed by atoms with van der Waals surface area (Å²) in [5.74, 6) is 0.626. The number of hydrogen-bond acceptors (Lipinski definition) is 3. The largest absolute Gasteiger partial charge is 0.381 e. The zero-order valence-corrected chi connectivity index (χ0v) is 14.3. The molecule has 1 aromatic heterocycles. The van der Waals surface area contributed by atoms with E-state index in [9.17, 15) is 0 Å². The number of halogens is 1. The fourth-order valence-corrected chi connectivity index (χ4v) is 3.41. The zero-order valence-electron chi connectivity index (χ0n) is 12.7. The first-order chi connectivity index (χ1) is 9.65. The van der Waals surface area contributed by atoms with E-state index in [-0.39, 0.29) is 0 Å². The van der Waals surface area contributed by atoms with Gasteiger partial charge < -0.3 is 10.1 Å². The summed E-state index contributed by atoms with van der Waals surface area (Å²) in [7, 11) is 0. The Bertz CT molecular complexity index is 413. The Kier molecular flexibility index (Phi) is 6.05. The maximum Gasteiger partial charge on any atom is 0.0701 e. The van der Waals surface area contributed by atoms with E-state index in [0.29, 0.717) is 18.0 Å². The molecule has 0 bridgehead atoms. The first kappa shape index (κ1) is 16.0. The molecule has 1 fully saturated rings. The molecule has 5 heteroatoms. The van der Waals surface area contributed by atoms with Crippen molar-refractivity contribution >= 4 is 15.9 Å². The van der Waals surface area contributed by atoms with Gasteiger partial charge in [0, 0.05) is 19.3 Å². The lowest BCUT2D eigenvalue weighted by Gasteiger charge is -2.32. The van der Waals surface area contributed by atoms with Gasteiger partial charge in [0.2, 0.25) is 0 Å². The molecule has 0 radical (unpaired) electrons. The standard InChI is InChI=1S/C15H26BrN3O/c1-4-7-17-14(12-5-8-20-9-6-12)15-13(16)10-18-19(15)11(2)3/h10-12,14,17H,4-9H2,1-3H3. The molecular weight excluding hydrogens is 318 g/mol. The summed E-state index contributed by atoms with van der Waals surface area (Å²) in [6.07, 6.45) is 5.32. The second-order valence-electron chi connectivity index (χ2n) is 5.80. The topological polar surface area (TPSA) is 39.1 Å². The average Bonchev–Trinajstić information content (AvgIpc) is 2.83. The van der Waals surface area contributed by atoms with E-state index >= 15 is 0 Å². The summed E-state index contributed by atoms with van der Waals surface area (Å²) in [5.41, 5.74) is 1.29. The predicted molar refractivity (Wildman–Crippen MR) is 84.9 cm³/mol. The summed E-state index contributed by atoms with van der Waals surface area (Å²) < 4.78 is 8.78. The molecule has 1 atom stereocenters. The Morgan fingerprint density at radius 3 is 2.75 bits per heavy atom. The number of ether oxygens (including phenoxy) is 1. The van der Waals surface area contributed by atoms with Gasteiger partial charge in [0.15, 0.2) is 0 Å². The molecule has 0 aliphatic carbocycles. The summed E-state index contributed by atoms with van der Waals surface area (Å²) in [5, 5.41) is 8.27. The third-order valence-electron chi connectivity index (χ3n) is 3.92. The molecule has 0 amide bonds. The van der Waals surface area contributed by atoms with Gasteiger partial charge in [0.05, 0.1) is 22.4 Å². The molecule has 1 aliphatic rings. The van der Waals surface area contributed by atoms with Crippen LogP contribution in [0.4, 0.5) is 0 Å². The Labute approximate surface area is 130 Å². The predicted octanol–water partition coefficient (Wildman–Crippen LogP) is 3.69. The highest BCUT2D eigenvalue weighted by Gasteiger charge is 2.29. The van der Waals surface area contributed by atoms with Crippen LogP contribution in [0.5, 0.6) is 0 Å². The average molecular weight is 344 g/mol. The minimum atomic E-state index is 0.359. The second-order valence-corrected chi connectivity index (χ2v) is 6.65. The maximum atomic E-state index is 5.52. The fourth-order valence-electron chi connectivity index (χ4n) is 2.89. The van der Waals surface area contributed by atoms with Crippen molar-refractivity contribution in [3.8, 4) is 0 Å². The van der Waals surface area contributed by atoms with Crippen LogP contribution in [0.25, 0.3) is 0 Å². The van der Waals surface area contributed by atoms with Gasteiger partial charge in [-0.3, -0.25) is 4.68 Å². The third kappa shape index (κ3) is 3.62. The Hall–Kier alpha value is -0.390. The lowest BCUT2D eigenvalue weighted by Crippen LogP contribution is -2.34. The van der Waals surface area contributed by atoms with E-state index < -0.39 is 0 Å². The number of hydrogen-bond donors (Lipinski definition) is 1. The Morgan fingerprint density at radius 1 is 1.45 bits per heavy atom. The minimum Gasteiger partial charge on any atom is -0.381 e. The molecule has 2 rings (SSSR count). The van der Waals surface area contributed by atoms with Crippen LogP contribution in [0.3, 0.4) is 0 Å². The van der Waals surface area contributed by atoms with E-state index in [0.717, 1.165) is 43.5 Å².